The van der Waals surface area contributed by atoms with Gasteiger partial charge in [-0.05, 0) is 132 Å². The van der Waals surface area contributed by atoms with Crippen molar-refractivity contribution in [2.24, 2.45) is 0 Å². The molecule has 89 heavy (non-hydrogen) atoms. The highest BCUT2D eigenvalue weighted by atomic mass is 15.0. The third kappa shape index (κ3) is 8.83. The molecule has 4 aromatic heterocycles. The predicted octanol–water partition coefficient (Wildman–Crippen LogP) is 21.4. The molecule has 0 saturated carbocycles. The topological polar surface area (TPSA) is 53.5 Å². The number of rotatable bonds is 10. The van der Waals surface area contributed by atoms with Gasteiger partial charge in [0, 0.05) is 71.5 Å². The van der Waals surface area contributed by atoms with Gasteiger partial charge in [-0.1, -0.05) is 230 Å². The Balaban J connectivity index is 1.02. The number of hydrogen-bond donors (Lipinski definition) is 0. The summed E-state index contributed by atoms with van der Waals surface area (Å²) in [4.78, 5) is 16.1. The Morgan fingerprint density at radius 1 is 0.213 bits per heavy atom. The molecule has 6 heteroatoms. The van der Waals surface area contributed by atoms with Gasteiger partial charge in [0.2, 0.25) is 0 Å². The van der Waals surface area contributed by atoms with E-state index >= 15 is 0 Å². The highest BCUT2D eigenvalue weighted by molar-refractivity contribution is 6.14. The van der Waals surface area contributed by atoms with Crippen molar-refractivity contribution in [3.8, 4) is 95.7 Å². The van der Waals surface area contributed by atoms with Crippen molar-refractivity contribution in [3.63, 3.8) is 0 Å². The van der Waals surface area contributed by atoms with Crippen LogP contribution in [0, 0.1) is 13.8 Å². The van der Waals surface area contributed by atoms with Crippen LogP contribution in [0.4, 0.5) is 0 Å². The van der Waals surface area contributed by atoms with E-state index in [2.05, 4.69) is 294 Å². The molecule has 0 unspecified atom stereocenters. The van der Waals surface area contributed by atoms with Gasteiger partial charge >= 0.3 is 0 Å². The summed E-state index contributed by atoms with van der Waals surface area (Å²) in [6, 6.07) is 110. The molecule has 4 heterocycles. The molecule has 6 nitrogen and oxygen atoms in total. The van der Waals surface area contributed by atoms with Gasteiger partial charge in [-0.2, -0.15) is 0 Å². The van der Waals surface area contributed by atoms with Crippen LogP contribution in [0.5, 0.6) is 0 Å². The zero-order valence-electron chi connectivity index (χ0n) is 49.1. The Bertz CT molecular complexity index is 5200. The Morgan fingerprint density at radius 2 is 0.539 bits per heavy atom. The van der Waals surface area contributed by atoms with Crippen LogP contribution in [0.1, 0.15) is 11.1 Å². The lowest BCUT2D eigenvalue weighted by Gasteiger charge is -2.22. The molecule has 418 valence electrons. The van der Waals surface area contributed by atoms with E-state index in [1.807, 2.05) is 36.4 Å². The van der Waals surface area contributed by atoms with E-state index in [0.717, 1.165) is 111 Å². The smallest absolute Gasteiger partial charge is 0.164 e. The Kier molecular flexibility index (Phi) is 12.2. The molecule has 0 atom stereocenters. The maximum absolute atomic E-state index is 5.47. The number of fused-ring (bicyclic) bond motifs is 9. The average molecular weight is 1140 g/mol. The van der Waals surface area contributed by atoms with Crippen molar-refractivity contribution in [3.05, 3.63) is 314 Å². The molecule has 0 fully saturated rings. The number of nitrogens with zero attached hydrogens (tertiary/aromatic N) is 6. The van der Waals surface area contributed by atoms with Crippen LogP contribution < -0.4 is 0 Å². The van der Waals surface area contributed by atoms with Crippen molar-refractivity contribution in [1.82, 2.24) is 28.7 Å². The second-order valence-electron chi connectivity index (χ2n) is 23.3. The third-order valence-corrected chi connectivity index (χ3v) is 17.7. The maximum Gasteiger partial charge on any atom is 0.164 e. The van der Waals surface area contributed by atoms with Crippen LogP contribution in [0.2, 0.25) is 0 Å². The molecule has 17 aromatic rings. The Morgan fingerprint density at radius 3 is 0.944 bits per heavy atom. The van der Waals surface area contributed by atoms with E-state index in [-0.39, 0.29) is 0 Å². The molecule has 0 amide bonds. The standard InChI is InChI=1S/C83H56N6/c1-53-21-17-27-57(45-53)59-41-43-78-72(49-59)73-50-60(58-28-18-22-54(2)46-58)42-44-79(73)89(78)80-70(61-29-19-31-64(47-61)87-74-37-13-9-33-66(74)67-34-10-14-38-75(67)87)51-63(83-85-81(55-23-5-3-6-24-55)84-82(86-83)56-25-7-4-8-26-56)52-71(80)62-30-20-32-65(48-62)88-76-39-15-11-35-68(76)69-36-12-16-40-77(69)88/h3-52H,1-2H3. The summed E-state index contributed by atoms with van der Waals surface area (Å²) in [6.45, 7) is 4.34. The van der Waals surface area contributed by atoms with Crippen LogP contribution in [0.3, 0.4) is 0 Å². The summed E-state index contributed by atoms with van der Waals surface area (Å²) in [7, 11) is 0. The van der Waals surface area contributed by atoms with Crippen LogP contribution in [-0.2, 0) is 0 Å². The van der Waals surface area contributed by atoms with Gasteiger partial charge < -0.3 is 13.7 Å². The van der Waals surface area contributed by atoms with Gasteiger partial charge in [0.15, 0.2) is 17.5 Å². The summed E-state index contributed by atoms with van der Waals surface area (Å²) in [6.07, 6.45) is 0. The fraction of sp³-hybridized carbons (Fsp3) is 0.0241. The number of para-hydroxylation sites is 4. The monoisotopic (exact) mass is 1140 g/mol. The first-order valence-corrected chi connectivity index (χ1v) is 30.4. The van der Waals surface area contributed by atoms with Gasteiger partial charge in [0.05, 0.1) is 38.8 Å². The van der Waals surface area contributed by atoms with Crippen molar-refractivity contribution in [2.45, 2.75) is 13.8 Å². The highest BCUT2D eigenvalue weighted by Gasteiger charge is 2.26. The lowest BCUT2D eigenvalue weighted by molar-refractivity contribution is 1.07. The van der Waals surface area contributed by atoms with E-state index in [1.54, 1.807) is 0 Å². The minimum atomic E-state index is 0.566. The minimum absolute atomic E-state index is 0.566. The molecular weight excluding hydrogens is 1080 g/mol. The Labute approximate surface area is 515 Å². The summed E-state index contributed by atoms with van der Waals surface area (Å²) in [5.74, 6) is 1.76. The van der Waals surface area contributed by atoms with Crippen molar-refractivity contribution in [1.29, 1.82) is 0 Å². The van der Waals surface area contributed by atoms with E-state index in [0.29, 0.717) is 17.5 Å². The zero-order valence-corrected chi connectivity index (χ0v) is 49.1. The van der Waals surface area contributed by atoms with E-state index in [4.69, 9.17) is 15.0 Å². The largest absolute Gasteiger partial charge is 0.309 e. The quantitative estimate of drug-likeness (QED) is 0.137. The van der Waals surface area contributed by atoms with E-state index in [1.165, 1.54) is 43.8 Å². The fourth-order valence-corrected chi connectivity index (χ4v) is 13.7. The third-order valence-electron chi connectivity index (χ3n) is 17.7. The van der Waals surface area contributed by atoms with Gasteiger partial charge in [-0.3, -0.25) is 0 Å². The summed E-state index contributed by atoms with van der Waals surface area (Å²) in [5.41, 5.74) is 23.7. The summed E-state index contributed by atoms with van der Waals surface area (Å²) < 4.78 is 7.37. The first-order chi connectivity index (χ1) is 43.9. The van der Waals surface area contributed by atoms with Crippen LogP contribution in [-0.4, -0.2) is 28.7 Å². The normalized spacial score (nSPS) is 11.7. The lowest BCUT2D eigenvalue weighted by Crippen LogP contribution is -2.05. The SMILES string of the molecule is Cc1cccc(-c2ccc3c(c2)c2cc(-c4cccc(C)c4)ccc2n3-c2c(-c3cccc(-n4c5ccccc5c5ccccc54)c3)cc(-c3nc(-c4ccccc4)nc(-c4ccccc4)n3)cc2-c2cccc(-n3c4ccccc4c4ccccc43)c2)c1. The predicted molar refractivity (Wildman–Crippen MR) is 370 cm³/mol. The van der Waals surface area contributed by atoms with Gasteiger partial charge in [0.1, 0.15) is 0 Å². The van der Waals surface area contributed by atoms with Gasteiger partial charge in [0.25, 0.3) is 0 Å². The second kappa shape index (κ2) is 21.1. The molecule has 17 rings (SSSR count). The van der Waals surface area contributed by atoms with Crippen LogP contribution in [0.25, 0.3) is 161 Å². The molecule has 13 aromatic carbocycles. The van der Waals surface area contributed by atoms with Gasteiger partial charge in [-0.15, -0.1) is 0 Å². The Hall–Kier alpha value is -11.7. The van der Waals surface area contributed by atoms with Crippen molar-refractivity contribution in [2.75, 3.05) is 0 Å². The molecular formula is C83H56N6. The number of aromatic nitrogens is 6. The molecule has 0 radical (unpaired) electrons. The minimum Gasteiger partial charge on any atom is -0.309 e. The number of aryl methyl sites for hydroxylation is 2. The maximum atomic E-state index is 5.47. The first-order valence-electron chi connectivity index (χ1n) is 30.4. The summed E-state index contributed by atoms with van der Waals surface area (Å²) in [5, 5.41) is 7.15. The molecule has 0 aliphatic heterocycles. The average Bonchev–Trinajstić information content (AvgIpc) is 1.72. The van der Waals surface area contributed by atoms with E-state index in [9.17, 15) is 0 Å². The zero-order chi connectivity index (χ0) is 59.1. The highest BCUT2D eigenvalue weighted by Crippen LogP contribution is 2.47. The van der Waals surface area contributed by atoms with E-state index < -0.39 is 0 Å². The molecule has 0 spiro atoms. The van der Waals surface area contributed by atoms with Crippen LogP contribution >= 0.6 is 0 Å². The first kappa shape index (κ1) is 51.7. The summed E-state index contributed by atoms with van der Waals surface area (Å²) >= 11 is 0. The van der Waals surface area contributed by atoms with Crippen molar-refractivity contribution < 1.29 is 0 Å². The number of hydrogen-bond acceptors (Lipinski definition) is 3. The van der Waals surface area contributed by atoms with Gasteiger partial charge in [-0.25, -0.2) is 15.0 Å². The second-order valence-corrected chi connectivity index (χ2v) is 23.3. The molecule has 0 N–H and O–H groups in total. The molecule has 0 aliphatic carbocycles. The van der Waals surface area contributed by atoms with Crippen molar-refractivity contribution >= 4 is 65.4 Å². The van der Waals surface area contributed by atoms with Crippen LogP contribution in [0.15, 0.2) is 303 Å². The molecule has 0 bridgehead atoms. The molecule has 0 saturated heterocycles. The molecule has 0 aliphatic rings. The number of benzene rings is 13. The fourth-order valence-electron chi connectivity index (χ4n) is 13.7. The lowest BCUT2D eigenvalue weighted by atomic mass is 9.92.